The number of hydrogen-bond donors (Lipinski definition) is 0. The van der Waals surface area contributed by atoms with E-state index in [2.05, 4.69) is 26.0 Å². The Morgan fingerprint density at radius 1 is 1.03 bits per heavy atom. The van der Waals surface area contributed by atoms with E-state index in [-0.39, 0.29) is 24.3 Å². The highest BCUT2D eigenvalue weighted by Crippen LogP contribution is 2.35. The maximum Gasteiger partial charge on any atom is 0.293 e. The fourth-order valence-corrected chi connectivity index (χ4v) is 4.25. The molecule has 0 aromatic heterocycles. The first kappa shape index (κ1) is 23.7. The van der Waals surface area contributed by atoms with Gasteiger partial charge in [-0.2, -0.15) is 0 Å². The van der Waals surface area contributed by atoms with Crippen molar-refractivity contribution in [2.24, 2.45) is 0 Å². The number of benzene rings is 2. The minimum absolute atomic E-state index is 0.195. The molecule has 0 saturated carbocycles. The van der Waals surface area contributed by atoms with Gasteiger partial charge in [-0.25, -0.2) is 0 Å². The molecule has 32 heavy (non-hydrogen) atoms. The van der Waals surface area contributed by atoms with Crippen molar-refractivity contribution in [1.29, 1.82) is 0 Å². The van der Waals surface area contributed by atoms with Crippen molar-refractivity contribution in [3.8, 4) is 17.2 Å². The van der Waals surface area contributed by atoms with Crippen LogP contribution in [0, 0.1) is 6.92 Å². The van der Waals surface area contributed by atoms with Crippen LogP contribution in [0.4, 0.5) is 4.79 Å². The summed E-state index contributed by atoms with van der Waals surface area (Å²) in [5.41, 5.74) is 2.97. The number of ether oxygens (including phenoxy) is 3. The van der Waals surface area contributed by atoms with Gasteiger partial charge in [-0.3, -0.25) is 14.5 Å². The SMILES string of the molecule is CCOc1cc(/C=C2\SC(=O)N(CCOc3cc(C)ccc3C(C)C)C2=O)ccc1OC. The molecule has 0 bridgehead atoms. The van der Waals surface area contributed by atoms with Crippen molar-refractivity contribution in [2.75, 3.05) is 26.9 Å². The molecule has 7 heteroatoms. The average molecular weight is 456 g/mol. The molecule has 3 rings (SSSR count). The maximum absolute atomic E-state index is 12.8. The van der Waals surface area contributed by atoms with Gasteiger partial charge in [0, 0.05) is 0 Å². The van der Waals surface area contributed by atoms with Crippen molar-refractivity contribution >= 4 is 29.0 Å². The van der Waals surface area contributed by atoms with E-state index in [9.17, 15) is 9.59 Å². The summed E-state index contributed by atoms with van der Waals surface area (Å²) >= 11 is 0.933. The predicted molar refractivity (Wildman–Crippen MR) is 128 cm³/mol. The lowest BCUT2D eigenvalue weighted by Crippen LogP contribution is -2.32. The van der Waals surface area contributed by atoms with E-state index in [0.717, 1.165) is 34.2 Å². The molecule has 1 aliphatic heterocycles. The minimum Gasteiger partial charge on any atom is -0.493 e. The van der Waals surface area contributed by atoms with Crippen LogP contribution in [0.2, 0.25) is 0 Å². The highest BCUT2D eigenvalue weighted by Gasteiger charge is 2.34. The van der Waals surface area contributed by atoms with E-state index < -0.39 is 0 Å². The van der Waals surface area contributed by atoms with Crippen molar-refractivity contribution in [2.45, 2.75) is 33.6 Å². The molecular weight excluding hydrogens is 426 g/mol. The van der Waals surface area contributed by atoms with E-state index >= 15 is 0 Å². The van der Waals surface area contributed by atoms with E-state index in [0.29, 0.717) is 28.9 Å². The minimum atomic E-state index is -0.314. The third-order valence-corrected chi connectivity index (χ3v) is 5.93. The summed E-state index contributed by atoms with van der Waals surface area (Å²) in [6.07, 6.45) is 1.70. The highest BCUT2D eigenvalue weighted by molar-refractivity contribution is 8.18. The predicted octanol–water partition coefficient (Wildman–Crippen LogP) is 5.64. The van der Waals surface area contributed by atoms with Crippen LogP contribution in [0.1, 0.15) is 43.4 Å². The van der Waals surface area contributed by atoms with Crippen LogP contribution in [-0.2, 0) is 4.79 Å². The second-order valence-corrected chi connectivity index (χ2v) is 8.71. The normalized spacial score (nSPS) is 15.1. The second-order valence-electron chi connectivity index (χ2n) is 7.72. The summed E-state index contributed by atoms with van der Waals surface area (Å²) in [4.78, 5) is 26.9. The number of methoxy groups -OCH3 is 1. The second kappa shape index (κ2) is 10.6. The molecule has 1 fully saturated rings. The van der Waals surface area contributed by atoms with Crippen LogP contribution in [0.5, 0.6) is 17.2 Å². The number of rotatable bonds is 9. The van der Waals surface area contributed by atoms with Gasteiger partial charge in [0.1, 0.15) is 12.4 Å². The van der Waals surface area contributed by atoms with Crippen LogP contribution in [0.3, 0.4) is 0 Å². The number of hydrogen-bond acceptors (Lipinski definition) is 6. The Morgan fingerprint density at radius 3 is 2.50 bits per heavy atom. The Morgan fingerprint density at radius 2 is 1.81 bits per heavy atom. The van der Waals surface area contributed by atoms with Gasteiger partial charge in [-0.05, 0) is 72.5 Å². The number of amides is 2. The smallest absolute Gasteiger partial charge is 0.293 e. The fraction of sp³-hybridized carbons (Fsp3) is 0.360. The van der Waals surface area contributed by atoms with Gasteiger partial charge in [0.05, 0.1) is 25.2 Å². The number of aryl methyl sites for hydroxylation is 1. The lowest BCUT2D eigenvalue weighted by Gasteiger charge is -2.17. The lowest BCUT2D eigenvalue weighted by molar-refractivity contribution is -0.123. The third-order valence-electron chi connectivity index (χ3n) is 5.02. The summed E-state index contributed by atoms with van der Waals surface area (Å²) in [5, 5.41) is -0.295. The van der Waals surface area contributed by atoms with Crippen molar-refractivity contribution in [3.63, 3.8) is 0 Å². The monoisotopic (exact) mass is 455 g/mol. The van der Waals surface area contributed by atoms with Gasteiger partial charge >= 0.3 is 0 Å². The molecule has 6 nitrogen and oxygen atoms in total. The van der Waals surface area contributed by atoms with Crippen LogP contribution < -0.4 is 14.2 Å². The van der Waals surface area contributed by atoms with Gasteiger partial charge in [-0.15, -0.1) is 0 Å². The molecule has 2 aromatic rings. The molecule has 0 N–H and O–H groups in total. The standard InChI is InChI=1S/C25H29NO5S/c1-6-30-22-14-18(8-10-20(22)29-5)15-23-24(27)26(25(28)32-23)11-12-31-21-13-17(4)7-9-19(21)16(2)3/h7-10,13-16H,6,11-12H2,1-5H3/b23-15-. The third kappa shape index (κ3) is 5.46. The van der Waals surface area contributed by atoms with Gasteiger partial charge in [0.2, 0.25) is 0 Å². The first-order valence-electron chi connectivity index (χ1n) is 10.6. The largest absolute Gasteiger partial charge is 0.493 e. The Hall–Kier alpha value is -2.93. The highest BCUT2D eigenvalue weighted by atomic mass is 32.2. The van der Waals surface area contributed by atoms with Crippen LogP contribution in [-0.4, -0.2) is 42.9 Å². The van der Waals surface area contributed by atoms with Crippen LogP contribution >= 0.6 is 11.8 Å². The van der Waals surface area contributed by atoms with Crippen LogP contribution in [0.15, 0.2) is 41.3 Å². The zero-order chi connectivity index (χ0) is 23.3. The summed E-state index contributed by atoms with van der Waals surface area (Å²) < 4.78 is 16.8. The number of nitrogens with zero attached hydrogens (tertiary/aromatic N) is 1. The quantitative estimate of drug-likeness (QED) is 0.456. The zero-order valence-electron chi connectivity index (χ0n) is 19.1. The molecule has 170 valence electrons. The summed E-state index contributed by atoms with van der Waals surface area (Å²) in [7, 11) is 1.58. The van der Waals surface area contributed by atoms with Crippen molar-refractivity contribution in [1.82, 2.24) is 4.90 Å². The van der Waals surface area contributed by atoms with Crippen LogP contribution in [0.25, 0.3) is 6.08 Å². The number of carbonyl (C=O) groups is 2. The topological polar surface area (TPSA) is 65.1 Å². The average Bonchev–Trinajstić information content (AvgIpc) is 3.01. The summed E-state index contributed by atoms with van der Waals surface area (Å²) in [5.74, 6) is 2.01. The molecule has 2 amide bonds. The summed E-state index contributed by atoms with van der Waals surface area (Å²) in [6.45, 7) is 9.04. The Balaban J connectivity index is 1.69. The summed E-state index contributed by atoms with van der Waals surface area (Å²) in [6, 6.07) is 11.5. The van der Waals surface area contributed by atoms with Crippen molar-refractivity contribution in [3.05, 3.63) is 58.0 Å². The first-order chi connectivity index (χ1) is 15.3. The molecule has 1 heterocycles. The maximum atomic E-state index is 12.8. The van der Waals surface area contributed by atoms with E-state index in [1.165, 1.54) is 4.90 Å². The molecule has 0 unspecified atom stereocenters. The Bertz CT molecular complexity index is 1030. The first-order valence-corrected chi connectivity index (χ1v) is 11.4. The van der Waals surface area contributed by atoms with Gasteiger partial charge in [0.25, 0.3) is 11.1 Å². The fourth-order valence-electron chi connectivity index (χ4n) is 3.39. The molecule has 1 saturated heterocycles. The number of carbonyl (C=O) groups excluding carboxylic acids is 2. The number of imide groups is 1. The van der Waals surface area contributed by atoms with E-state index in [1.807, 2.05) is 26.0 Å². The van der Waals surface area contributed by atoms with Gasteiger partial charge in [0.15, 0.2) is 11.5 Å². The van der Waals surface area contributed by atoms with Gasteiger partial charge in [-0.1, -0.05) is 32.0 Å². The Kier molecular flexibility index (Phi) is 7.85. The van der Waals surface area contributed by atoms with E-state index in [4.69, 9.17) is 14.2 Å². The zero-order valence-corrected chi connectivity index (χ0v) is 20.0. The molecule has 1 aliphatic rings. The van der Waals surface area contributed by atoms with Gasteiger partial charge < -0.3 is 14.2 Å². The molecular formula is C25H29NO5S. The molecule has 0 radical (unpaired) electrons. The number of thioether (sulfide) groups is 1. The molecule has 2 aromatic carbocycles. The molecule has 0 aliphatic carbocycles. The molecule has 0 spiro atoms. The van der Waals surface area contributed by atoms with E-state index in [1.54, 1.807) is 25.3 Å². The lowest BCUT2D eigenvalue weighted by atomic mass is 10.0. The van der Waals surface area contributed by atoms with Crippen molar-refractivity contribution < 1.29 is 23.8 Å². The Labute approximate surface area is 193 Å². The molecule has 0 atom stereocenters.